The van der Waals surface area contributed by atoms with Gasteiger partial charge in [0, 0.05) is 23.8 Å². The van der Waals surface area contributed by atoms with Crippen LogP contribution in [0.2, 0.25) is 0 Å². The van der Waals surface area contributed by atoms with E-state index in [1.165, 1.54) is 18.6 Å². The number of carbonyl (C=O) groups is 1. The van der Waals surface area contributed by atoms with E-state index in [1.54, 1.807) is 17.9 Å². The van der Waals surface area contributed by atoms with Gasteiger partial charge in [0.25, 0.3) is 5.91 Å². The van der Waals surface area contributed by atoms with Gasteiger partial charge in [-0.2, -0.15) is 9.78 Å². The number of rotatable bonds is 4. The standard InChI is InChI=1S/C20H18N6O2/c1-12-9-17(23-19-14(12)5-4-6-16(19)28-3)26-18(10-13(2)25-26)24-20(27)15-11-21-7-8-22-15/h4-11H,1-3H3,(H,24,27). The topological polar surface area (TPSA) is 94.8 Å². The number of fused-ring (bicyclic) bond motifs is 1. The smallest absolute Gasteiger partial charge is 0.277 e. The molecule has 0 saturated carbocycles. The summed E-state index contributed by atoms with van der Waals surface area (Å²) in [4.78, 5) is 25.2. The summed E-state index contributed by atoms with van der Waals surface area (Å²) in [7, 11) is 1.61. The number of amides is 1. The van der Waals surface area contributed by atoms with Crippen molar-refractivity contribution in [2.24, 2.45) is 0 Å². The van der Waals surface area contributed by atoms with E-state index < -0.39 is 0 Å². The highest BCUT2D eigenvalue weighted by Crippen LogP contribution is 2.28. The summed E-state index contributed by atoms with van der Waals surface area (Å²) in [5, 5.41) is 8.32. The zero-order valence-electron chi connectivity index (χ0n) is 15.7. The fourth-order valence-corrected chi connectivity index (χ4v) is 3.01. The number of aromatic nitrogens is 5. The average Bonchev–Trinajstić information content (AvgIpc) is 3.08. The Bertz CT molecular complexity index is 1170. The molecule has 1 N–H and O–H groups in total. The number of benzene rings is 1. The SMILES string of the molecule is COc1cccc2c(C)cc(-n3nc(C)cc3NC(=O)c3cnccn3)nc12. The largest absolute Gasteiger partial charge is 0.494 e. The fraction of sp³-hybridized carbons (Fsp3) is 0.150. The molecule has 0 spiro atoms. The third-order valence-corrected chi connectivity index (χ3v) is 4.30. The van der Waals surface area contributed by atoms with Gasteiger partial charge in [0.05, 0.1) is 19.0 Å². The predicted molar refractivity (Wildman–Crippen MR) is 105 cm³/mol. The molecular weight excluding hydrogens is 356 g/mol. The second-order valence-corrected chi connectivity index (χ2v) is 6.28. The van der Waals surface area contributed by atoms with Crippen LogP contribution < -0.4 is 10.1 Å². The number of methoxy groups -OCH3 is 1. The molecule has 0 saturated heterocycles. The summed E-state index contributed by atoms with van der Waals surface area (Å²) in [5.74, 6) is 1.38. The number of ether oxygens (including phenoxy) is 1. The Balaban J connectivity index is 1.79. The number of anilines is 1. The van der Waals surface area contributed by atoms with Gasteiger partial charge < -0.3 is 10.1 Å². The van der Waals surface area contributed by atoms with Crippen molar-refractivity contribution in [3.63, 3.8) is 0 Å². The second-order valence-electron chi connectivity index (χ2n) is 6.28. The van der Waals surface area contributed by atoms with Crippen molar-refractivity contribution in [1.82, 2.24) is 24.7 Å². The van der Waals surface area contributed by atoms with Crippen LogP contribution in [0.5, 0.6) is 5.75 Å². The minimum absolute atomic E-state index is 0.220. The lowest BCUT2D eigenvalue weighted by Gasteiger charge is -2.12. The molecule has 0 unspecified atom stereocenters. The normalized spacial score (nSPS) is 10.8. The molecule has 4 rings (SSSR count). The molecule has 3 heterocycles. The van der Waals surface area contributed by atoms with Gasteiger partial charge >= 0.3 is 0 Å². The van der Waals surface area contributed by atoms with Crippen LogP contribution in [0.15, 0.2) is 48.9 Å². The number of para-hydroxylation sites is 1. The van der Waals surface area contributed by atoms with E-state index >= 15 is 0 Å². The van der Waals surface area contributed by atoms with Gasteiger partial charge in [0.2, 0.25) is 0 Å². The maximum Gasteiger partial charge on any atom is 0.277 e. The minimum atomic E-state index is -0.371. The van der Waals surface area contributed by atoms with Crippen molar-refractivity contribution in [1.29, 1.82) is 0 Å². The van der Waals surface area contributed by atoms with E-state index in [9.17, 15) is 4.79 Å². The Morgan fingerprint density at radius 3 is 2.79 bits per heavy atom. The van der Waals surface area contributed by atoms with E-state index in [-0.39, 0.29) is 11.6 Å². The number of aryl methyl sites for hydroxylation is 2. The zero-order chi connectivity index (χ0) is 19.7. The number of hydrogen-bond acceptors (Lipinski definition) is 6. The lowest BCUT2D eigenvalue weighted by atomic mass is 10.1. The van der Waals surface area contributed by atoms with E-state index in [4.69, 9.17) is 9.72 Å². The van der Waals surface area contributed by atoms with Gasteiger partial charge in [0.15, 0.2) is 5.82 Å². The zero-order valence-corrected chi connectivity index (χ0v) is 15.7. The molecule has 8 nitrogen and oxygen atoms in total. The Labute approximate surface area is 161 Å². The van der Waals surface area contributed by atoms with E-state index in [0.29, 0.717) is 17.4 Å². The van der Waals surface area contributed by atoms with Crippen LogP contribution in [0.3, 0.4) is 0 Å². The van der Waals surface area contributed by atoms with Crippen LogP contribution in [0, 0.1) is 13.8 Å². The molecule has 0 fully saturated rings. The molecule has 1 aromatic carbocycles. The lowest BCUT2D eigenvalue weighted by Crippen LogP contribution is -2.17. The molecule has 3 aromatic heterocycles. The van der Waals surface area contributed by atoms with E-state index in [0.717, 1.165) is 22.2 Å². The van der Waals surface area contributed by atoms with Crippen LogP contribution in [-0.2, 0) is 0 Å². The predicted octanol–water partition coefficient (Wildman–Crippen LogP) is 3.09. The first kappa shape index (κ1) is 17.6. The molecule has 28 heavy (non-hydrogen) atoms. The molecule has 0 atom stereocenters. The third-order valence-electron chi connectivity index (χ3n) is 4.30. The highest BCUT2D eigenvalue weighted by molar-refractivity contribution is 6.02. The Kier molecular flexibility index (Phi) is 4.44. The van der Waals surface area contributed by atoms with Crippen LogP contribution in [-0.4, -0.2) is 37.7 Å². The summed E-state index contributed by atoms with van der Waals surface area (Å²) < 4.78 is 7.05. The molecule has 0 aliphatic heterocycles. The molecule has 8 heteroatoms. The van der Waals surface area contributed by atoms with Gasteiger partial charge in [-0.25, -0.2) is 9.97 Å². The quantitative estimate of drug-likeness (QED) is 0.590. The third kappa shape index (κ3) is 3.16. The molecule has 4 aromatic rings. The van der Waals surface area contributed by atoms with Crippen molar-refractivity contribution in [3.8, 4) is 11.6 Å². The summed E-state index contributed by atoms with van der Waals surface area (Å²) in [5.41, 5.74) is 2.73. The summed E-state index contributed by atoms with van der Waals surface area (Å²) in [6, 6.07) is 9.49. The number of pyridine rings is 1. The van der Waals surface area contributed by atoms with Crippen molar-refractivity contribution in [3.05, 3.63) is 65.9 Å². The van der Waals surface area contributed by atoms with Crippen molar-refractivity contribution < 1.29 is 9.53 Å². The first-order valence-corrected chi connectivity index (χ1v) is 8.65. The second kappa shape index (κ2) is 7.07. The lowest BCUT2D eigenvalue weighted by molar-refractivity contribution is 0.102. The molecule has 0 radical (unpaired) electrons. The summed E-state index contributed by atoms with van der Waals surface area (Å²) in [6.45, 7) is 3.85. The number of carbonyl (C=O) groups excluding carboxylic acids is 1. The number of hydrogen-bond donors (Lipinski definition) is 1. The molecule has 0 bridgehead atoms. The van der Waals surface area contributed by atoms with E-state index in [1.807, 2.05) is 38.1 Å². The maximum absolute atomic E-state index is 12.5. The summed E-state index contributed by atoms with van der Waals surface area (Å²) in [6.07, 6.45) is 4.39. The Morgan fingerprint density at radius 1 is 1.18 bits per heavy atom. The highest BCUT2D eigenvalue weighted by Gasteiger charge is 2.16. The maximum atomic E-state index is 12.5. The molecule has 140 valence electrons. The van der Waals surface area contributed by atoms with Crippen LogP contribution in [0.4, 0.5) is 5.82 Å². The minimum Gasteiger partial charge on any atom is -0.494 e. The Morgan fingerprint density at radius 2 is 2.04 bits per heavy atom. The Hall–Kier alpha value is -3.81. The van der Waals surface area contributed by atoms with Gasteiger partial charge in [-0.3, -0.25) is 9.78 Å². The fourth-order valence-electron chi connectivity index (χ4n) is 3.01. The van der Waals surface area contributed by atoms with Crippen molar-refractivity contribution in [2.45, 2.75) is 13.8 Å². The van der Waals surface area contributed by atoms with Crippen molar-refractivity contribution in [2.75, 3.05) is 12.4 Å². The van der Waals surface area contributed by atoms with Crippen LogP contribution >= 0.6 is 0 Å². The van der Waals surface area contributed by atoms with Crippen molar-refractivity contribution >= 4 is 22.6 Å². The van der Waals surface area contributed by atoms with Gasteiger partial charge in [-0.15, -0.1) is 0 Å². The monoisotopic (exact) mass is 374 g/mol. The molecule has 0 aliphatic carbocycles. The number of nitrogens with one attached hydrogen (secondary N) is 1. The van der Waals surface area contributed by atoms with Crippen LogP contribution in [0.25, 0.3) is 16.7 Å². The molecule has 0 aliphatic rings. The van der Waals surface area contributed by atoms with E-state index in [2.05, 4.69) is 20.4 Å². The van der Waals surface area contributed by atoms with Gasteiger partial charge in [-0.1, -0.05) is 12.1 Å². The molecular formula is C20H18N6O2. The molecule has 1 amide bonds. The first-order valence-electron chi connectivity index (χ1n) is 8.65. The number of nitrogens with zero attached hydrogens (tertiary/aromatic N) is 5. The average molecular weight is 374 g/mol. The first-order chi connectivity index (χ1) is 13.6. The highest BCUT2D eigenvalue weighted by atomic mass is 16.5. The van der Waals surface area contributed by atoms with Crippen LogP contribution in [0.1, 0.15) is 21.7 Å². The summed E-state index contributed by atoms with van der Waals surface area (Å²) >= 11 is 0. The van der Waals surface area contributed by atoms with Gasteiger partial charge in [0.1, 0.15) is 22.8 Å². The van der Waals surface area contributed by atoms with Gasteiger partial charge in [-0.05, 0) is 31.5 Å².